The Kier molecular flexibility index (Phi) is 4.62. The third-order valence-electron chi connectivity index (χ3n) is 4.89. The van der Waals surface area contributed by atoms with Gasteiger partial charge in [0.1, 0.15) is 17.2 Å². The number of hydrogen-bond donors (Lipinski definition) is 0. The summed E-state index contributed by atoms with van der Waals surface area (Å²) in [5.74, 6) is 1.81. The average molecular weight is 363 g/mol. The molecule has 0 saturated carbocycles. The van der Waals surface area contributed by atoms with Crippen LogP contribution < -0.4 is 0 Å². The van der Waals surface area contributed by atoms with Crippen molar-refractivity contribution >= 4 is 5.91 Å². The molecule has 0 aliphatic carbocycles. The van der Waals surface area contributed by atoms with Crippen molar-refractivity contribution in [2.75, 3.05) is 13.1 Å². The molecular formula is C19H21N7O. The van der Waals surface area contributed by atoms with Crippen molar-refractivity contribution in [3.63, 3.8) is 0 Å². The fourth-order valence-electron chi connectivity index (χ4n) is 3.48. The van der Waals surface area contributed by atoms with E-state index in [2.05, 4.69) is 24.9 Å². The highest BCUT2D eigenvalue weighted by atomic mass is 16.2. The van der Waals surface area contributed by atoms with Gasteiger partial charge in [0.05, 0.1) is 6.20 Å². The van der Waals surface area contributed by atoms with Crippen LogP contribution >= 0.6 is 0 Å². The van der Waals surface area contributed by atoms with Gasteiger partial charge in [-0.25, -0.2) is 19.9 Å². The molecule has 0 radical (unpaired) electrons. The number of carbonyl (C=O) groups excluding carboxylic acids is 1. The van der Waals surface area contributed by atoms with Crippen LogP contribution in [0.4, 0.5) is 0 Å². The van der Waals surface area contributed by atoms with E-state index in [9.17, 15) is 4.79 Å². The second-order valence-electron chi connectivity index (χ2n) is 6.74. The summed E-state index contributed by atoms with van der Waals surface area (Å²) >= 11 is 0. The summed E-state index contributed by atoms with van der Waals surface area (Å²) in [5, 5.41) is 0. The second-order valence-corrected chi connectivity index (χ2v) is 6.74. The first-order chi connectivity index (χ1) is 13.1. The predicted molar refractivity (Wildman–Crippen MR) is 98.9 cm³/mol. The van der Waals surface area contributed by atoms with E-state index in [0.29, 0.717) is 24.7 Å². The van der Waals surface area contributed by atoms with Gasteiger partial charge in [0.25, 0.3) is 5.91 Å². The van der Waals surface area contributed by atoms with Gasteiger partial charge in [0, 0.05) is 56.5 Å². The van der Waals surface area contributed by atoms with Crippen LogP contribution in [0.5, 0.6) is 0 Å². The Bertz CT molecular complexity index is 946. The number of hydrogen-bond acceptors (Lipinski definition) is 6. The lowest BCUT2D eigenvalue weighted by molar-refractivity contribution is 0.0705. The number of aromatic nitrogens is 6. The molecule has 0 unspecified atom stereocenters. The summed E-state index contributed by atoms with van der Waals surface area (Å²) in [6.07, 6.45) is 10.0. The Morgan fingerprint density at radius 2 is 1.93 bits per heavy atom. The van der Waals surface area contributed by atoms with Gasteiger partial charge in [-0.3, -0.25) is 9.78 Å². The standard InChI is InChI=1S/C19H21N7O/c1-13-23-15(11-16(24-13)18-22-7-10-25(18)2)14-3-8-26(9-4-14)19(27)17-12-20-5-6-21-17/h5-7,10-12,14H,3-4,8-9H2,1-2H3. The molecule has 1 saturated heterocycles. The maximum atomic E-state index is 12.5. The summed E-state index contributed by atoms with van der Waals surface area (Å²) in [5.41, 5.74) is 2.25. The number of imidazole rings is 1. The molecule has 8 heteroatoms. The lowest BCUT2D eigenvalue weighted by atomic mass is 9.92. The Morgan fingerprint density at radius 3 is 2.59 bits per heavy atom. The van der Waals surface area contributed by atoms with Crippen LogP contribution in [0.15, 0.2) is 37.1 Å². The molecule has 0 aromatic carbocycles. The summed E-state index contributed by atoms with van der Waals surface area (Å²) in [6, 6.07) is 2.03. The molecule has 27 heavy (non-hydrogen) atoms. The molecule has 1 fully saturated rings. The zero-order valence-electron chi connectivity index (χ0n) is 15.4. The maximum absolute atomic E-state index is 12.5. The number of likely N-dealkylation sites (tertiary alicyclic amines) is 1. The Balaban J connectivity index is 1.49. The number of aryl methyl sites for hydroxylation is 2. The van der Waals surface area contributed by atoms with Crippen molar-refractivity contribution in [1.29, 1.82) is 0 Å². The molecule has 0 atom stereocenters. The first-order valence-electron chi connectivity index (χ1n) is 9.00. The van der Waals surface area contributed by atoms with Crippen molar-refractivity contribution in [1.82, 2.24) is 34.4 Å². The van der Waals surface area contributed by atoms with Gasteiger partial charge in [-0.1, -0.05) is 0 Å². The van der Waals surface area contributed by atoms with Gasteiger partial charge >= 0.3 is 0 Å². The molecule has 3 aromatic heterocycles. The second kappa shape index (κ2) is 7.22. The number of rotatable bonds is 3. The van der Waals surface area contributed by atoms with Gasteiger partial charge < -0.3 is 9.47 Å². The van der Waals surface area contributed by atoms with Crippen molar-refractivity contribution < 1.29 is 4.79 Å². The van der Waals surface area contributed by atoms with Crippen molar-refractivity contribution in [3.8, 4) is 11.5 Å². The fraction of sp³-hybridized carbons (Fsp3) is 0.368. The van der Waals surface area contributed by atoms with E-state index in [1.807, 2.05) is 35.7 Å². The Hall–Kier alpha value is -3.16. The fourth-order valence-corrected chi connectivity index (χ4v) is 3.48. The topological polar surface area (TPSA) is 89.7 Å². The van der Waals surface area contributed by atoms with Crippen LogP contribution in [0.2, 0.25) is 0 Å². The van der Waals surface area contributed by atoms with E-state index in [-0.39, 0.29) is 5.91 Å². The smallest absolute Gasteiger partial charge is 0.274 e. The highest BCUT2D eigenvalue weighted by Gasteiger charge is 2.26. The van der Waals surface area contributed by atoms with E-state index in [0.717, 1.165) is 35.9 Å². The largest absolute Gasteiger partial charge is 0.337 e. The van der Waals surface area contributed by atoms with E-state index < -0.39 is 0 Å². The van der Waals surface area contributed by atoms with E-state index in [4.69, 9.17) is 0 Å². The first-order valence-corrected chi connectivity index (χ1v) is 9.00. The molecule has 8 nitrogen and oxygen atoms in total. The molecule has 4 rings (SSSR count). The minimum Gasteiger partial charge on any atom is -0.337 e. The molecule has 3 aromatic rings. The molecule has 4 heterocycles. The van der Waals surface area contributed by atoms with Crippen LogP contribution in [0.25, 0.3) is 11.5 Å². The minimum absolute atomic E-state index is 0.0610. The zero-order chi connectivity index (χ0) is 18.8. The number of carbonyl (C=O) groups is 1. The van der Waals surface area contributed by atoms with Gasteiger partial charge in [-0.2, -0.15) is 0 Å². The third-order valence-corrected chi connectivity index (χ3v) is 4.89. The quantitative estimate of drug-likeness (QED) is 0.707. The number of amides is 1. The lowest BCUT2D eigenvalue weighted by Gasteiger charge is -2.31. The van der Waals surface area contributed by atoms with Crippen LogP contribution in [0.1, 0.15) is 40.8 Å². The van der Waals surface area contributed by atoms with Gasteiger partial charge in [0.15, 0.2) is 5.82 Å². The van der Waals surface area contributed by atoms with Gasteiger partial charge in [-0.15, -0.1) is 0 Å². The minimum atomic E-state index is -0.0610. The first kappa shape index (κ1) is 17.3. The van der Waals surface area contributed by atoms with Crippen LogP contribution in [0, 0.1) is 6.92 Å². The molecule has 1 aliphatic heterocycles. The number of piperidine rings is 1. The lowest BCUT2D eigenvalue weighted by Crippen LogP contribution is -2.38. The van der Waals surface area contributed by atoms with E-state index in [1.54, 1.807) is 18.6 Å². The highest BCUT2D eigenvalue weighted by molar-refractivity contribution is 5.92. The van der Waals surface area contributed by atoms with Crippen LogP contribution in [0.3, 0.4) is 0 Å². The molecule has 0 N–H and O–H groups in total. The Morgan fingerprint density at radius 1 is 1.11 bits per heavy atom. The summed E-state index contributed by atoms with van der Waals surface area (Å²) in [4.78, 5) is 36.0. The van der Waals surface area contributed by atoms with Gasteiger partial charge in [-0.05, 0) is 25.8 Å². The SMILES string of the molecule is Cc1nc(-c2nccn2C)cc(C2CCN(C(=O)c3cnccn3)CC2)n1. The predicted octanol–water partition coefficient (Wildman–Crippen LogP) is 2.00. The molecule has 138 valence electrons. The molecular weight excluding hydrogens is 342 g/mol. The molecule has 0 bridgehead atoms. The third kappa shape index (κ3) is 3.55. The zero-order valence-corrected chi connectivity index (χ0v) is 15.4. The van der Waals surface area contributed by atoms with Crippen molar-refractivity contribution in [2.24, 2.45) is 7.05 Å². The molecule has 0 spiro atoms. The van der Waals surface area contributed by atoms with Gasteiger partial charge in [0.2, 0.25) is 0 Å². The van der Waals surface area contributed by atoms with E-state index >= 15 is 0 Å². The van der Waals surface area contributed by atoms with Crippen molar-refractivity contribution in [3.05, 3.63) is 54.3 Å². The highest BCUT2D eigenvalue weighted by Crippen LogP contribution is 2.29. The summed E-state index contributed by atoms with van der Waals surface area (Å²) < 4.78 is 1.95. The van der Waals surface area contributed by atoms with Crippen molar-refractivity contribution in [2.45, 2.75) is 25.7 Å². The normalized spacial score (nSPS) is 15.1. The van der Waals surface area contributed by atoms with Crippen LogP contribution in [-0.4, -0.2) is 53.4 Å². The van der Waals surface area contributed by atoms with Crippen LogP contribution in [-0.2, 0) is 7.05 Å². The monoisotopic (exact) mass is 363 g/mol. The average Bonchev–Trinajstić information content (AvgIpc) is 3.14. The number of nitrogens with zero attached hydrogens (tertiary/aromatic N) is 7. The van der Waals surface area contributed by atoms with E-state index in [1.165, 1.54) is 6.20 Å². The summed E-state index contributed by atoms with van der Waals surface area (Å²) in [6.45, 7) is 3.27. The Labute approximate surface area is 157 Å². The summed E-state index contributed by atoms with van der Waals surface area (Å²) in [7, 11) is 1.95. The molecule has 1 aliphatic rings. The molecule has 1 amide bonds. The maximum Gasteiger partial charge on any atom is 0.274 e.